The smallest absolute Gasteiger partial charge is 0.128 e. The zero-order chi connectivity index (χ0) is 11.1. The minimum Gasteiger partial charge on any atom is -0.493 e. The summed E-state index contributed by atoms with van der Waals surface area (Å²) >= 11 is 3.22. The molecule has 0 spiro atoms. The highest BCUT2D eigenvalue weighted by Gasteiger charge is 1.99. The van der Waals surface area contributed by atoms with Gasteiger partial charge in [-0.3, -0.25) is 0 Å². The minimum absolute atomic E-state index is 0.283. The minimum atomic E-state index is -0.283. The van der Waals surface area contributed by atoms with Crippen LogP contribution in [0.15, 0.2) is 22.7 Å². The normalized spacial score (nSPS) is 10.3. The van der Waals surface area contributed by atoms with Crippen molar-refractivity contribution in [1.82, 2.24) is 5.32 Å². The van der Waals surface area contributed by atoms with E-state index in [0.29, 0.717) is 16.8 Å². The van der Waals surface area contributed by atoms with Crippen molar-refractivity contribution in [1.29, 1.82) is 0 Å². The van der Waals surface area contributed by atoms with E-state index in [1.165, 1.54) is 12.1 Å². The van der Waals surface area contributed by atoms with Gasteiger partial charge >= 0.3 is 0 Å². The van der Waals surface area contributed by atoms with Crippen molar-refractivity contribution in [2.45, 2.75) is 12.8 Å². The first-order valence-corrected chi connectivity index (χ1v) is 5.75. The molecule has 15 heavy (non-hydrogen) atoms. The molecule has 1 aromatic rings. The van der Waals surface area contributed by atoms with E-state index in [1.54, 1.807) is 6.07 Å². The number of nitrogens with one attached hydrogen (secondary N) is 1. The van der Waals surface area contributed by atoms with Gasteiger partial charge in [0.15, 0.2) is 0 Å². The number of ether oxygens (including phenoxy) is 1. The Balaban J connectivity index is 2.31. The number of halogens is 2. The van der Waals surface area contributed by atoms with Crippen molar-refractivity contribution in [3.63, 3.8) is 0 Å². The zero-order valence-electron chi connectivity index (χ0n) is 8.72. The zero-order valence-corrected chi connectivity index (χ0v) is 10.3. The molecule has 84 valence electrons. The van der Waals surface area contributed by atoms with Crippen molar-refractivity contribution in [3.05, 3.63) is 28.5 Å². The second-order valence-corrected chi connectivity index (χ2v) is 4.18. The molecule has 4 heteroatoms. The summed E-state index contributed by atoms with van der Waals surface area (Å²) in [6, 6.07) is 4.57. The summed E-state index contributed by atoms with van der Waals surface area (Å²) in [6.07, 6.45) is 2.03. The third kappa shape index (κ3) is 5.14. The van der Waals surface area contributed by atoms with Gasteiger partial charge in [0.25, 0.3) is 0 Å². The predicted molar refractivity (Wildman–Crippen MR) is 62.8 cm³/mol. The van der Waals surface area contributed by atoms with Crippen LogP contribution in [-0.4, -0.2) is 20.2 Å². The molecular formula is C11H15BrFNO. The second kappa shape index (κ2) is 6.80. The molecule has 0 amide bonds. The van der Waals surface area contributed by atoms with Crippen LogP contribution >= 0.6 is 15.9 Å². The molecule has 2 nitrogen and oxygen atoms in total. The fourth-order valence-electron chi connectivity index (χ4n) is 1.21. The van der Waals surface area contributed by atoms with E-state index in [4.69, 9.17) is 4.74 Å². The highest BCUT2D eigenvalue weighted by atomic mass is 79.9. The highest BCUT2D eigenvalue weighted by molar-refractivity contribution is 9.10. The molecule has 0 aromatic heterocycles. The summed E-state index contributed by atoms with van der Waals surface area (Å²) in [5.74, 6) is 0.293. The number of benzene rings is 1. The summed E-state index contributed by atoms with van der Waals surface area (Å²) in [5.41, 5.74) is 0. The number of hydrogen-bond acceptors (Lipinski definition) is 2. The van der Waals surface area contributed by atoms with E-state index < -0.39 is 0 Å². The van der Waals surface area contributed by atoms with E-state index in [9.17, 15) is 4.39 Å². The summed E-state index contributed by atoms with van der Waals surface area (Å²) in [6.45, 7) is 1.60. The van der Waals surface area contributed by atoms with Crippen molar-refractivity contribution in [2.24, 2.45) is 0 Å². The summed E-state index contributed by atoms with van der Waals surface area (Å²) < 4.78 is 19.1. The molecule has 0 fully saturated rings. The lowest BCUT2D eigenvalue weighted by Gasteiger charge is -2.06. The lowest BCUT2D eigenvalue weighted by molar-refractivity contribution is 0.305. The SMILES string of the molecule is CNCCCCOc1cc(F)cc(Br)c1. The van der Waals surface area contributed by atoms with Crippen LogP contribution in [0.2, 0.25) is 0 Å². The second-order valence-electron chi connectivity index (χ2n) is 3.26. The Morgan fingerprint density at radius 1 is 1.33 bits per heavy atom. The van der Waals surface area contributed by atoms with Crippen LogP contribution in [0.5, 0.6) is 5.75 Å². The van der Waals surface area contributed by atoms with Crippen molar-refractivity contribution < 1.29 is 9.13 Å². The molecule has 0 atom stereocenters. The Morgan fingerprint density at radius 2 is 2.13 bits per heavy atom. The molecule has 0 heterocycles. The van der Waals surface area contributed by atoms with Crippen LogP contribution in [0.4, 0.5) is 4.39 Å². The van der Waals surface area contributed by atoms with Gasteiger partial charge in [0.2, 0.25) is 0 Å². The maximum absolute atomic E-state index is 12.9. The van der Waals surface area contributed by atoms with E-state index in [2.05, 4.69) is 21.2 Å². The Kier molecular flexibility index (Phi) is 5.65. The van der Waals surface area contributed by atoms with Crippen LogP contribution in [0.25, 0.3) is 0 Å². The third-order valence-corrected chi connectivity index (χ3v) is 2.38. The van der Waals surface area contributed by atoms with Gasteiger partial charge in [-0.25, -0.2) is 4.39 Å². The average molecular weight is 276 g/mol. The average Bonchev–Trinajstić information content (AvgIpc) is 2.16. The molecule has 0 unspecified atom stereocenters. The van der Waals surface area contributed by atoms with Crippen LogP contribution in [0.1, 0.15) is 12.8 Å². The number of rotatable bonds is 6. The Labute approximate surface area is 98.0 Å². The van der Waals surface area contributed by atoms with Gasteiger partial charge in [0, 0.05) is 10.5 Å². The summed E-state index contributed by atoms with van der Waals surface area (Å²) in [4.78, 5) is 0. The van der Waals surface area contributed by atoms with Crippen LogP contribution in [0.3, 0.4) is 0 Å². The Morgan fingerprint density at radius 3 is 2.80 bits per heavy atom. The van der Waals surface area contributed by atoms with Gasteiger partial charge in [-0.05, 0) is 38.6 Å². The molecule has 0 saturated heterocycles. The first kappa shape index (κ1) is 12.5. The first-order valence-electron chi connectivity index (χ1n) is 4.96. The maximum Gasteiger partial charge on any atom is 0.128 e. The van der Waals surface area contributed by atoms with Gasteiger partial charge in [-0.15, -0.1) is 0 Å². The van der Waals surface area contributed by atoms with E-state index >= 15 is 0 Å². The molecule has 0 bridgehead atoms. The van der Waals surface area contributed by atoms with Gasteiger partial charge in [-0.2, -0.15) is 0 Å². The third-order valence-electron chi connectivity index (χ3n) is 1.93. The molecular weight excluding hydrogens is 261 g/mol. The topological polar surface area (TPSA) is 21.3 Å². The molecule has 1 N–H and O–H groups in total. The summed E-state index contributed by atoms with van der Waals surface area (Å²) in [7, 11) is 1.92. The van der Waals surface area contributed by atoms with Crippen LogP contribution in [0, 0.1) is 5.82 Å². The largest absolute Gasteiger partial charge is 0.493 e. The monoisotopic (exact) mass is 275 g/mol. The van der Waals surface area contributed by atoms with E-state index in [-0.39, 0.29) is 5.82 Å². The molecule has 0 aliphatic carbocycles. The standard InChI is InChI=1S/C11H15BrFNO/c1-14-4-2-3-5-15-11-7-9(12)6-10(13)8-11/h6-8,14H,2-5H2,1H3. The molecule has 0 aliphatic rings. The number of hydrogen-bond donors (Lipinski definition) is 1. The van der Waals surface area contributed by atoms with Gasteiger partial charge in [-0.1, -0.05) is 15.9 Å². The van der Waals surface area contributed by atoms with Crippen molar-refractivity contribution >= 4 is 15.9 Å². The predicted octanol–water partition coefficient (Wildman–Crippen LogP) is 2.97. The van der Waals surface area contributed by atoms with E-state index in [1.807, 2.05) is 7.05 Å². The molecule has 1 rings (SSSR count). The van der Waals surface area contributed by atoms with Gasteiger partial charge in [0.1, 0.15) is 11.6 Å². The number of unbranched alkanes of at least 4 members (excludes halogenated alkanes) is 1. The fraction of sp³-hybridized carbons (Fsp3) is 0.455. The quantitative estimate of drug-likeness (QED) is 0.806. The van der Waals surface area contributed by atoms with Crippen LogP contribution in [-0.2, 0) is 0 Å². The molecule has 0 saturated carbocycles. The fourth-order valence-corrected chi connectivity index (χ4v) is 1.65. The lowest BCUT2D eigenvalue weighted by atomic mass is 10.3. The Bertz CT molecular complexity index is 286. The van der Waals surface area contributed by atoms with Gasteiger partial charge in [0.05, 0.1) is 6.61 Å². The first-order chi connectivity index (χ1) is 7.22. The molecule has 0 aliphatic heterocycles. The highest BCUT2D eigenvalue weighted by Crippen LogP contribution is 2.20. The molecule has 0 radical (unpaired) electrons. The Hall–Kier alpha value is -0.610. The van der Waals surface area contributed by atoms with Gasteiger partial charge < -0.3 is 10.1 Å². The molecule has 1 aromatic carbocycles. The van der Waals surface area contributed by atoms with Crippen molar-refractivity contribution in [2.75, 3.05) is 20.2 Å². The maximum atomic E-state index is 12.9. The lowest BCUT2D eigenvalue weighted by Crippen LogP contribution is -2.09. The van der Waals surface area contributed by atoms with Crippen molar-refractivity contribution in [3.8, 4) is 5.75 Å². The van der Waals surface area contributed by atoms with E-state index in [0.717, 1.165) is 19.4 Å². The van der Waals surface area contributed by atoms with Crippen LogP contribution < -0.4 is 10.1 Å². The summed E-state index contributed by atoms with van der Waals surface area (Å²) in [5, 5.41) is 3.06.